The van der Waals surface area contributed by atoms with E-state index in [0.717, 1.165) is 40.3 Å². The van der Waals surface area contributed by atoms with Gasteiger partial charge in [-0.3, -0.25) is 4.79 Å². The molecule has 1 amide bonds. The number of aliphatic hydroxyl groups excluding tert-OH is 1. The van der Waals surface area contributed by atoms with Gasteiger partial charge in [-0.1, -0.05) is 24.3 Å². The molecule has 170 valence electrons. The number of hydrogen-bond acceptors (Lipinski definition) is 5. The number of benzene rings is 2. The third kappa shape index (κ3) is 4.00. The first-order chi connectivity index (χ1) is 16.0. The zero-order valence-corrected chi connectivity index (χ0v) is 18.8. The average molecular weight is 446 g/mol. The van der Waals surface area contributed by atoms with Gasteiger partial charge < -0.3 is 24.0 Å². The van der Waals surface area contributed by atoms with Crippen LogP contribution in [0.4, 0.5) is 0 Å². The Morgan fingerprint density at radius 1 is 1.24 bits per heavy atom. The van der Waals surface area contributed by atoms with Crippen molar-refractivity contribution in [2.24, 2.45) is 0 Å². The molecule has 7 nitrogen and oxygen atoms in total. The summed E-state index contributed by atoms with van der Waals surface area (Å²) in [7, 11) is 1.64. The van der Waals surface area contributed by atoms with Gasteiger partial charge in [-0.25, -0.2) is 4.98 Å². The van der Waals surface area contributed by atoms with Crippen molar-refractivity contribution in [3.8, 4) is 17.2 Å². The number of rotatable bonds is 4. The van der Waals surface area contributed by atoms with Crippen molar-refractivity contribution < 1.29 is 19.4 Å². The normalized spacial score (nSPS) is 21.6. The van der Waals surface area contributed by atoms with E-state index in [2.05, 4.69) is 4.98 Å². The summed E-state index contributed by atoms with van der Waals surface area (Å²) in [4.78, 5) is 19.6. The van der Waals surface area contributed by atoms with E-state index in [9.17, 15) is 9.90 Å². The van der Waals surface area contributed by atoms with Crippen molar-refractivity contribution in [2.45, 2.75) is 31.9 Å². The second kappa shape index (κ2) is 8.75. The number of ether oxygens (including phenoxy) is 2. The van der Waals surface area contributed by atoms with Crippen molar-refractivity contribution in [1.82, 2.24) is 14.5 Å². The number of aliphatic hydroxyl groups is 1. The summed E-state index contributed by atoms with van der Waals surface area (Å²) >= 11 is 0. The molecule has 1 fully saturated rings. The maximum atomic E-state index is 13.5. The molecule has 0 radical (unpaired) electrons. The van der Waals surface area contributed by atoms with Crippen LogP contribution in [-0.2, 0) is 4.79 Å². The number of fused-ring (bicyclic) bond motifs is 1. The van der Waals surface area contributed by atoms with Gasteiger partial charge in [-0.05, 0) is 49.6 Å². The molecule has 5 rings (SSSR count). The topological polar surface area (TPSA) is 76.8 Å². The lowest BCUT2D eigenvalue weighted by Crippen LogP contribution is -2.47. The summed E-state index contributed by atoms with van der Waals surface area (Å²) in [5.41, 5.74) is 4.29. The van der Waals surface area contributed by atoms with Gasteiger partial charge in [0.05, 0.1) is 30.9 Å². The van der Waals surface area contributed by atoms with E-state index >= 15 is 0 Å². The monoisotopic (exact) mass is 445 g/mol. The van der Waals surface area contributed by atoms with Crippen LogP contribution in [0.2, 0.25) is 0 Å². The molecule has 2 aromatic carbocycles. The number of hydrogen-bond donors (Lipinski definition) is 1. The molecular formula is C26H27N3O4. The van der Waals surface area contributed by atoms with Crippen molar-refractivity contribution in [3.05, 3.63) is 77.4 Å². The van der Waals surface area contributed by atoms with E-state index < -0.39 is 12.1 Å². The molecule has 2 atom stereocenters. The van der Waals surface area contributed by atoms with E-state index in [-0.39, 0.29) is 12.5 Å². The Kier molecular flexibility index (Phi) is 5.64. The van der Waals surface area contributed by atoms with E-state index in [1.54, 1.807) is 18.3 Å². The molecule has 7 heteroatoms. The van der Waals surface area contributed by atoms with Crippen LogP contribution in [0.1, 0.15) is 35.7 Å². The van der Waals surface area contributed by atoms with E-state index in [0.29, 0.717) is 18.7 Å². The first-order valence-electron chi connectivity index (χ1n) is 11.2. The Bertz CT molecular complexity index is 1220. The molecule has 0 bridgehead atoms. The van der Waals surface area contributed by atoms with Gasteiger partial charge >= 0.3 is 0 Å². The predicted molar refractivity (Wildman–Crippen MR) is 124 cm³/mol. The highest BCUT2D eigenvalue weighted by Gasteiger charge is 2.38. The second-order valence-corrected chi connectivity index (χ2v) is 8.49. The third-order valence-corrected chi connectivity index (χ3v) is 6.26. The van der Waals surface area contributed by atoms with Gasteiger partial charge in [-0.2, -0.15) is 0 Å². The molecule has 3 heterocycles. The molecule has 2 aliphatic rings. The number of aryl methyl sites for hydroxylation is 1. The number of piperidine rings is 1. The van der Waals surface area contributed by atoms with Crippen molar-refractivity contribution in [2.75, 3.05) is 20.3 Å². The van der Waals surface area contributed by atoms with Crippen LogP contribution in [-0.4, -0.2) is 51.8 Å². The predicted octanol–water partition coefficient (Wildman–Crippen LogP) is 3.69. The standard InChI is InChI=1S/C26H27N3O4/c1-17-14-28(16-27-17)21-10-9-18(13-24(21)32-2)12-19-6-5-11-29(26(19)31)25-20-7-3-4-8-23(20)33-15-22(25)30/h3-4,7-10,12-14,16,22,25,30H,5-6,11,15H2,1-2H3/b19-12+/t22-,25+/m0/s1. The molecule has 0 unspecified atom stereocenters. The highest BCUT2D eigenvalue weighted by atomic mass is 16.5. The number of methoxy groups -OCH3 is 1. The zero-order chi connectivity index (χ0) is 22.9. The number of carbonyl (C=O) groups excluding carboxylic acids is 1. The molecule has 1 saturated heterocycles. The number of imidazole rings is 1. The minimum atomic E-state index is -0.763. The van der Waals surface area contributed by atoms with Crippen LogP contribution in [0.25, 0.3) is 11.8 Å². The quantitative estimate of drug-likeness (QED) is 0.620. The fraction of sp³-hybridized carbons (Fsp3) is 0.308. The Hall–Kier alpha value is -3.58. The Morgan fingerprint density at radius 3 is 2.88 bits per heavy atom. The van der Waals surface area contributed by atoms with Crippen LogP contribution < -0.4 is 9.47 Å². The van der Waals surface area contributed by atoms with Gasteiger partial charge in [0.15, 0.2) is 0 Å². The fourth-order valence-electron chi connectivity index (χ4n) is 4.69. The summed E-state index contributed by atoms with van der Waals surface area (Å²) < 4.78 is 13.2. The van der Waals surface area contributed by atoms with Crippen LogP contribution in [0.5, 0.6) is 11.5 Å². The molecule has 3 aromatic rings. The average Bonchev–Trinajstić information content (AvgIpc) is 3.26. The van der Waals surface area contributed by atoms with Crippen molar-refractivity contribution >= 4 is 12.0 Å². The molecule has 0 saturated carbocycles. The van der Waals surface area contributed by atoms with Crippen LogP contribution >= 0.6 is 0 Å². The lowest BCUT2D eigenvalue weighted by Gasteiger charge is -2.41. The van der Waals surface area contributed by atoms with Crippen LogP contribution in [0.3, 0.4) is 0 Å². The lowest BCUT2D eigenvalue weighted by molar-refractivity contribution is -0.135. The summed E-state index contributed by atoms with van der Waals surface area (Å²) in [6.45, 7) is 2.72. The molecular weight excluding hydrogens is 418 g/mol. The molecule has 1 N–H and O–H groups in total. The summed E-state index contributed by atoms with van der Waals surface area (Å²) in [5, 5.41) is 10.7. The summed E-state index contributed by atoms with van der Waals surface area (Å²) in [6, 6.07) is 13.1. The Balaban J connectivity index is 1.45. The van der Waals surface area contributed by atoms with E-state index in [4.69, 9.17) is 9.47 Å². The largest absolute Gasteiger partial charge is 0.495 e. The first kappa shape index (κ1) is 21.3. The third-order valence-electron chi connectivity index (χ3n) is 6.26. The number of para-hydroxylation sites is 1. The zero-order valence-electron chi connectivity index (χ0n) is 18.8. The van der Waals surface area contributed by atoms with Gasteiger partial charge in [-0.15, -0.1) is 0 Å². The molecule has 0 spiro atoms. The first-order valence-corrected chi connectivity index (χ1v) is 11.2. The number of carbonyl (C=O) groups is 1. The maximum Gasteiger partial charge on any atom is 0.250 e. The number of amides is 1. The Morgan fingerprint density at radius 2 is 2.09 bits per heavy atom. The molecule has 2 aliphatic heterocycles. The number of aromatic nitrogens is 2. The minimum absolute atomic E-state index is 0.0460. The van der Waals surface area contributed by atoms with Crippen LogP contribution in [0, 0.1) is 6.92 Å². The van der Waals surface area contributed by atoms with Crippen LogP contribution in [0.15, 0.2) is 60.6 Å². The van der Waals surface area contributed by atoms with Crippen molar-refractivity contribution in [3.63, 3.8) is 0 Å². The molecule has 33 heavy (non-hydrogen) atoms. The maximum absolute atomic E-state index is 13.5. The molecule has 1 aromatic heterocycles. The molecule has 0 aliphatic carbocycles. The fourth-order valence-corrected chi connectivity index (χ4v) is 4.69. The minimum Gasteiger partial charge on any atom is -0.495 e. The number of likely N-dealkylation sites (tertiary alicyclic amines) is 1. The lowest BCUT2D eigenvalue weighted by atomic mass is 9.92. The highest BCUT2D eigenvalue weighted by molar-refractivity contribution is 5.99. The summed E-state index contributed by atoms with van der Waals surface area (Å²) in [6.07, 6.45) is 6.40. The SMILES string of the molecule is COc1cc(/C=C2\CCCN([C@@H]3c4ccccc4OC[C@@H]3O)C2=O)ccc1-n1cnc(C)c1. The summed E-state index contributed by atoms with van der Waals surface area (Å²) in [5.74, 6) is 1.39. The highest BCUT2D eigenvalue weighted by Crippen LogP contribution is 2.38. The smallest absolute Gasteiger partial charge is 0.250 e. The van der Waals surface area contributed by atoms with E-state index in [1.165, 1.54) is 0 Å². The van der Waals surface area contributed by atoms with Gasteiger partial charge in [0.2, 0.25) is 5.91 Å². The van der Waals surface area contributed by atoms with E-state index in [1.807, 2.05) is 66.2 Å². The van der Waals surface area contributed by atoms with Gasteiger partial charge in [0.25, 0.3) is 0 Å². The second-order valence-electron chi connectivity index (χ2n) is 8.49. The van der Waals surface area contributed by atoms with Gasteiger partial charge in [0, 0.05) is 23.9 Å². The Labute approximate surface area is 192 Å². The number of nitrogens with zero attached hydrogens (tertiary/aromatic N) is 3. The van der Waals surface area contributed by atoms with Gasteiger partial charge in [0.1, 0.15) is 24.2 Å². The van der Waals surface area contributed by atoms with Crippen molar-refractivity contribution in [1.29, 1.82) is 0 Å².